The van der Waals surface area contributed by atoms with E-state index in [9.17, 15) is 14.7 Å². The molecule has 2 amide bonds. The van der Waals surface area contributed by atoms with E-state index in [-0.39, 0.29) is 6.03 Å². The van der Waals surface area contributed by atoms with Crippen molar-refractivity contribution in [3.05, 3.63) is 65.2 Å². The Kier molecular flexibility index (Phi) is 5.30. The number of aliphatic carboxylic acids is 1. The number of carbonyl (C=O) groups excluding carboxylic acids is 1. The molecule has 0 spiro atoms. The number of urea groups is 1. The Morgan fingerprint density at radius 3 is 2.29 bits per heavy atom. The van der Waals surface area contributed by atoms with Gasteiger partial charge in [-0.25, -0.2) is 4.79 Å². The molecule has 0 unspecified atom stereocenters. The summed E-state index contributed by atoms with van der Waals surface area (Å²) >= 11 is 0. The second kappa shape index (κ2) is 8.02. The third-order valence-electron chi connectivity index (χ3n) is 5.63. The molecule has 146 valence electrons. The van der Waals surface area contributed by atoms with Crippen LogP contribution in [0, 0.1) is 0 Å². The van der Waals surface area contributed by atoms with Crippen molar-refractivity contribution in [3.63, 3.8) is 0 Å². The van der Waals surface area contributed by atoms with Crippen molar-refractivity contribution in [2.24, 2.45) is 0 Å². The first-order chi connectivity index (χ1) is 13.6. The topological polar surface area (TPSA) is 72.9 Å². The second-order valence-electron chi connectivity index (χ2n) is 7.48. The van der Waals surface area contributed by atoms with Crippen molar-refractivity contribution in [1.29, 1.82) is 0 Å². The minimum atomic E-state index is -0.853. The molecule has 4 rings (SSSR count). The summed E-state index contributed by atoms with van der Waals surface area (Å²) in [7, 11) is 0. The molecule has 2 aromatic rings. The molecule has 2 N–H and O–H groups in total. The SMILES string of the molecule is O=C(O)[C@@H](c1ccc(NC(=O)N2CCCC2)cc1)N1CCc2ccccc2C1. The van der Waals surface area contributed by atoms with Crippen molar-refractivity contribution in [2.75, 3.05) is 25.0 Å². The van der Waals surface area contributed by atoms with Gasteiger partial charge < -0.3 is 15.3 Å². The van der Waals surface area contributed by atoms with Gasteiger partial charge in [-0.15, -0.1) is 0 Å². The second-order valence-corrected chi connectivity index (χ2v) is 7.48. The van der Waals surface area contributed by atoms with Crippen LogP contribution in [0.5, 0.6) is 0 Å². The average Bonchev–Trinajstić information content (AvgIpc) is 3.24. The third-order valence-corrected chi connectivity index (χ3v) is 5.63. The standard InChI is InChI=1S/C22H25N3O3/c26-21(27)20(25-14-11-16-5-1-2-6-18(16)15-25)17-7-9-19(10-8-17)23-22(28)24-12-3-4-13-24/h1-2,5-10,20H,3-4,11-15H2,(H,23,28)(H,26,27)/t20-/m1/s1. The van der Waals surface area contributed by atoms with Gasteiger partial charge >= 0.3 is 12.0 Å². The molecule has 28 heavy (non-hydrogen) atoms. The maximum Gasteiger partial charge on any atom is 0.325 e. The minimum absolute atomic E-state index is 0.0901. The van der Waals surface area contributed by atoms with Gasteiger partial charge in [0.1, 0.15) is 6.04 Å². The van der Waals surface area contributed by atoms with E-state index in [4.69, 9.17) is 0 Å². The van der Waals surface area contributed by atoms with Gasteiger partial charge in [0.05, 0.1) is 0 Å². The Morgan fingerprint density at radius 1 is 0.929 bits per heavy atom. The number of carbonyl (C=O) groups is 2. The third kappa shape index (κ3) is 3.87. The summed E-state index contributed by atoms with van der Waals surface area (Å²) in [6.07, 6.45) is 2.95. The van der Waals surface area contributed by atoms with Crippen LogP contribution in [0.3, 0.4) is 0 Å². The van der Waals surface area contributed by atoms with Crippen LogP contribution >= 0.6 is 0 Å². The molecule has 2 heterocycles. The number of anilines is 1. The molecule has 2 aliphatic rings. The highest BCUT2D eigenvalue weighted by atomic mass is 16.4. The van der Waals surface area contributed by atoms with Crippen molar-refractivity contribution in [3.8, 4) is 0 Å². The van der Waals surface area contributed by atoms with Crippen molar-refractivity contribution in [1.82, 2.24) is 9.80 Å². The van der Waals surface area contributed by atoms with E-state index >= 15 is 0 Å². The molecule has 0 bridgehead atoms. The fourth-order valence-corrected chi connectivity index (χ4v) is 4.12. The molecular formula is C22H25N3O3. The molecular weight excluding hydrogens is 354 g/mol. The van der Waals surface area contributed by atoms with E-state index in [0.29, 0.717) is 18.8 Å². The first-order valence-electron chi connectivity index (χ1n) is 9.81. The Labute approximate surface area is 164 Å². The molecule has 6 heteroatoms. The van der Waals surface area contributed by atoms with Crippen LogP contribution in [0.25, 0.3) is 0 Å². The van der Waals surface area contributed by atoms with Gasteiger partial charge in [-0.3, -0.25) is 9.69 Å². The minimum Gasteiger partial charge on any atom is -0.480 e. The summed E-state index contributed by atoms with van der Waals surface area (Å²) in [5, 5.41) is 12.8. The summed E-state index contributed by atoms with van der Waals surface area (Å²) < 4.78 is 0. The zero-order valence-corrected chi connectivity index (χ0v) is 15.8. The van der Waals surface area contributed by atoms with Crippen molar-refractivity contribution in [2.45, 2.75) is 31.8 Å². The Bertz CT molecular complexity index is 860. The van der Waals surface area contributed by atoms with Crippen LogP contribution in [-0.2, 0) is 17.8 Å². The number of carboxylic acids is 1. The first kappa shape index (κ1) is 18.5. The van der Waals surface area contributed by atoms with E-state index in [1.54, 1.807) is 29.2 Å². The lowest BCUT2D eigenvalue weighted by molar-refractivity contribution is -0.144. The lowest BCUT2D eigenvalue weighted by atomic mass is 9.96. The number of hydrogen-bond acceptors (Lipinski definition) is 3. The molecule has 1 saturated heterocycles. The number of fused-ring (bicyclic) bond motifs is 1. The number of benzene rings is 2. The Hall–Kier alpha value is -2.86. The number of nitrogens with one attached hydrogen (secondary N) is 1. The molecule has 2 aromatic carbocycles. The largest absolute Gasteiger partial charge is 0.480 e. The van der Waals surface area contributed by atoms with Crippen molar-refractivity contribution < 1.29 is 14.7 Å². The fraction of sp³-hybridized carbons (Fsp3) is 0.364. The zero-order valence-electron chi connectivity index (χ0n) is 15.8. The first-order valence-corrected chi connectivity index (χ1v) is 9.81. The lowest BCUT2D eigenvalue weighted by Crippen LogP contribution is -2.38. The van der Waals surface area contributed by atoms with Crippen LogP contribution in [0.15, 0.2) is 48.5 Å². The predicted molar refractivity (Wildman–Crippen MR) is 107 cm³/mol. The normalized spacial score (nSPS) is 17.8. The zero-order chi connectivity index (χ0) is 19.5. The van der Waals surface area contributed by atoms with E-state index in [0.717, 1.165) is 37.9 Å². The van der Waals surface area contributed by atoms with Gasteiger partial charge in [0, 0.05) is 31.9 Å². The van der Waals surface area contributed by atoms with Crippen LogP contribution < -0.4 is 5.32 Å². The molecule has 0 aliphatic carbocycles. The van der Waals surface area contributed by atoms with Gasteiger partial charge in [-0.05, 0) is 48.1 Å². The van der Waals surface area contributed by atoms with Gasteiger partial charge in [0.15, 0.2) is 0 Å². The number of hydrogen-bond donors (Lipinski definition) is 2. The van der Waals surface area contributed by atoms with Crippen LogP contribution in [-0.4, -0.2) is 46.5 Å². The molecule has 1 fully saturated rings. The maximum absolute atomic E-state index is 12.2. The summed E-state index contributed by atoms with van der Waals surface area (Å²) in [5.41, 5.74) is 3.90. The van der Waals surface area contributed by atoms with Crippen molar-refractivity contribution >= 4 is 17.7 Å². The summed E-state index contributed by atoms with van der Waals surface area (Å²) in [4.78, 5) is 28.1. The summed E-state index contributed by atoms with van der Waals surface area (Å²) in [5.74, 6) is -0.853. The fourth-order valence-electron chi connectivity index (χ4n) is 4.12. The van der Waals surface area contributed by atoms with Gasteiger partial charge in [0.2, 0.25) is 0 Å². The molecule has 6 nitrogen and oxygen atoms in total. The van der Waals surface area contributed by atoms with Gasteiger partial charge in [0.25, 0.3) is 0 Å². The number of carboxylic acid groups (broad SMARTS) is 1. The molecule has 0 radical (unpaired) electrons. The van der Waals surface area contributed by atoms with Crippen LogP contribution in [0.4, 0.5) is 10.5 Å². The van der Waals surface area contributed by atoms with E-state index in [1.165, 1.54) is 11.1 Å². The summed E-state index contributed by atoms with van der Waals surface area (Å²) in [6, 6.07) is 14.6. The molecule has 2 aliphatic heterocycles. The highest BCUT2D eigenvalue weighted by molar-refractivity contribution is 5.89. The average molecular weight is 379 g/mol. The molecule has 0 saturated carbocycles. The number of nitrogens with zero attached hydrogens (tertiary/aromatic N) is 2. The van der Waals surface area contributed by atoms with Crippen LogP contribution in [0.1, 0.15) is 35.6 Å². The quantitative estimate of drug-likeness (QED) is 0.853. The maximum atomic E-state index is 12.2. The van der Waals surface area contributed by atoms with E-state index in [2.05, 4.69) is 17.4 Å². The smallest absolute Gasteiger partial charge is 0.325 e. The highest BCUT2D eigenvalue weighted by Crippen LogP contribution is 2.29. The van der Waals surface area contributed by atoms with E-state index in [1.807, 2.05) is 17.0 Å². The highest BCUT2D eigenvalue weighted by Gasteiger charge is 2.30. The monoisotopic (exact) mass is 379 g/mol. The Morgan fingerprint density at radius 2 is 1.61 bits per heavy atom. The molecule has 1 atom stereocenters. The number of likely N-dealkylation sites (tertiary alicyclic amines) is 1. The number of amides is 2. The molecule has 0 aromatic heterocycles. The predicted octanol–water partition coefficient (Wildman–Crippen LogP) is 3.50. The summed E-state index contributed by atoms with van der Waals surface area (Å²) in [6.45, 7) is 2.92. The lowest BCUT2D eigenvalue weighted by Gasteiger charge is -2.33. The van der Waals surface area contributed by atoms with Gasteiger partial charge in [-0.1, -0.05) is 36.4 Å². The van der Waals surface area contributed by atoms with Gasteiger partial charge in [-0.2, -0.15) is 0 Å². The van der Waals surface area contributed by atoms with Crippen LogP contribution in [0.2, 0.25) is 0 Å². The van der Waals surface area contributed by atoms with E-state index < -0.39 is 12.0 Å². The number of rotatable bonds is 4. The Balaban J connectivity index is 1.48.